The standard InChI is InChI=1S/C17H23FN4S.HI/c1-22(2)16(13-5-3-6-14(18)11-13)12-21-17(19)20-9-8-15-7-4-10-23-15;/h3-7,10-11,16H,8-9,12H2,1-2H3,(H3,19,20,21);1H. The third-order valence-electron chi connectivity index (χ3n) is 3.55. The summed E-state index contributed by atoms with van der Waals surface area (Å²) in [7, 11) is 3.90. The molecule has 1 atom stereocenters. The second kappa shape index (κ2) is 10.6. The third-order valence-corrected chi connectivity index (χ3v) is 4.49. The molecule has 1 aromatic carbocycles. The molecule has 0 saturated heterocycles. The Kier molecular flexibility index (Phi) is 9.24. The van der Waals surface area contributed by atoms with E-state index in [0.29, 0.717) is 12.5 Å². The fourth-order valence-electron chi connectivity index (χ4n) is 2.29. The molecule has 0 bridgehead atoms. The molecule has 1 unspecified atom stereocenters. The number of hydrogen-bond donors (Lipinski definition) is 2. The molecule has 0 radical (unpaired) electrons. The maximum absolute atomic E-state index is 13.4. The van der Waals surface area contributed by atoms with Crippen molar-refractivity contribution in [3.05, 3.63) is 58.0 Å². The summed E-state index contributed by atoms with van der Waals surface area (Å²) in [6.07, 6.45) is 0.925. The molecule has 7 heteroatoms. The molecule has 0 aliphatic rings. The zero-order valence-corrected chi connectivity index (χ0v) is 17.1. The Labute approximate surface area is 164 Å². The molecule has 1 aromatic heterocycles. The first kappa shape index (κ1) is 20.9. The Morgan fingerprint density at radius 3 is 2.75 bits per heavy atom. The van der Waals surface area contributed by atoms with Crippen LogP contribution >= 0.6 is 35.3 Å². The van der Waals surface area contributed by atoms with E-state index in [4.69, 9.17) is 5.73 Å². The summed E-state index contributed by atoms with van der Waals surface area (Å²) in [4.78, 5) is 7.72. The monoisotopic (exact) mass is 462 g/mol. The molecule has 1 heterocycles. The molecular formula is C17H24FIN4S. The van der Waals surface area contributed by atoms with Gasteiger partial charge in [-0.05, 0) is 49.7 Å². The van der Waals surface area contributed by atoms with E-state index >= 15 is 0 Å². The van der Waals surface area contributed by atoms with Gasteiger partial charge in [0.2, 0.25) is 0 Å². The lowest BCUT2D eigenvalue weighted by Crippen LogP contribution is -2.34. The van der Waals surface area contributed by atoms with Crippen molar-refractivity contribution in [1.29, 1.82) is 0 Å². The highest BCUT2D eigenvalue weighted by Crippen LogP contribution is 2.19. The zero-order chi connectivity index (χ0) is 16.7. The first-order valence-corrected chi connectivity index (χ1v) is 8.42. The lowest BCUT2D eigenvalue weighted by Gasteiger charge is -2.23. The Hall–Kier alpha value is -1.19. The summed E-state index contributed by atoms with van der Waals surface area (Å²) >= 11 is 1.73. The van der Waals surface area contributed by atoms with Crippen molar-refractivity contribution in [2.24, 2.45) is 10.7 Å². The predicted octanol–water partition coefficient (Wildman–Crippen LogP) is 3.25. The predicted molar refractivity (Wildman–Crippen MR) is 111 cm³/mol. The van der Waals surface area contributed by atoms with Crippen molar-refractivity contribution >= 4 is 41.3 Å². The lowest BCUT2D eigenvalue weighted by atomic mass is 10.1. The van der Waals surface area contributed by atoms with Crippen LogP contribution in [0, 0.1) is 5.82 Å². The zero-order valence-electron chi connectivity index (χ0n) is 13.9. The summed E-state index contributed by atoms with van der Waals surface area (Å²) in [5.41, 5.74) is 6.81. The highest BCUT2D eigenvalue weighted by molar-refractivity contribution is 14.0. The largest absolute Gasteiger partial charge is 0.370 e. The van der Waals surface area contributed by atoms with Gasteiger partial charge in [-0.25, -0.2) is 4.39 Å². The number of nitrogens with one attached hydrogen (secondary N) is 1. The maximum Gasteiger partial charge on any atom is 0.188 e. The van der Waals surface area contributed by atoms with E-state index in [2.05, 4.69) is 21.8 Å². The first-order chi connectivity index (χ1) is 11.1. The second-order valence-corrected chi connectivity index (χ2v) is 6.55. The number of nitrogens with zero attached hydrogens (tertiary/aromatic N) is 2. The number of rotatable bonds is 7. The number of hydrogen-bond acceptors (Lipinski definition) is 3. The number of likely N-dealkylation sites (N-methyl/N-ethyl adjacent to an activating group) is 1. The van der Waals surface area contributed by atoms with Gasteiger partial charge in [0, 0.05) is 11.4 Å². The Morgan fingerprint density at radius 1 is 1.33 bits per heavy atom. The van der Waals surface area contributed by atoms with Gasteiger partial charge in [-0.1, -0.05) is 18.2 Å². The number of nitrogens with two attached hydrogens (primary N) is 1. The van der Waals surface area contributed by atoms with Crippen molar-refractivity contribution < 1.29 is 4.39 Å². The number of aliphatic imine (C=N–C) groups is 1. The summed E-state index contributed by atoms with van der Waals surface area (Å²) in [6, 6.07) is 10.7. The van der Waals surface area contributed by atoms with Crippen LogP contribution in [0.3, 0.4) is 0 Å². The van der Waals surface area contributed by atoms with Gasteiger partial charge in [0.15, 0.2) is 5.96 Å². The van der Waals surface area contributed by atoms with Crippen molar-refractivity contribution in [3.63, 3.8) is 0 Å². The van der Waals surface area contributed by atoms with Gasteiger partial charge in [-0.3, -0.25) is 4.99 Å². The van der Waals surface area contributed by atoms with Crippen LogP contribution in [0.5, 0.6) is 0 Å². The highest BCUT2D eigenvalue weighted by Gasteiger charge is 2.14. The third kappa shape index (κ3) is 6.74. The fraction of sp³-hybridized carbons (Fsp3) is 0.353. The maximum atomic E-state index is 13.4. The number of halogens is 2. The average Bonchev–Trinajstić information content (AvgIpc) is 3.00. The number of thiophene rings is 1. The van der Waals surface area contributed by atoms with Crippen LogP contribution in [0.2, 0.25) is 0 Å². The van der Waals surface area contributed by atoms with Gasteiger partial charge in [0.1, 0.15) is 5.82 Å². The smallest absolute Gasteiger partial charge is 0.188 e. The average molecular weight is 462 g/mol. The van der Waals surface area contributed by atoms with Crippen LogP contribution in [0.4, 0.5) is 4.39 Å². The molecule has 0 fully saturated rings. The molecule has 0 saturated carbocycles. The molecule has 4 nitrogen and oxygen atoms in total. The number of benzene rings is 1. The molecule has 24 heavy (non-hydrogen) atoms. The van der Waals surface area contributed by atoms with Gasteiger partial charge >= 0.3 is 0 Å². The van der Waals surface area contributed by atoms with Crippen LogP contribution < -0.4 is 11.1 Å². The fourth-order valence-corrected chi connectivity index (χ4v) is 3.00. The van der Waals surface area contributed by atoms with Gasteiger partial charge in [-0.2, -0.15) is 0 Å². The lowest BCUT2D eigenvalue weighted by molar-refractivity contribution is 0.305. The van der Waals surface area contributed by atoms with Gasteiger partial charge in [0.25, 0.3) is 0 Å². The second-order valence-electron chi connectivity index (χ2n) is 5.52. The quantitative estimate of drug-likeness (QED) is 0.378. The van der Waals surface area contributed by atoms with Crippen LogP contribution in [0.1, 0.15) is 16.5 Å². The molecule has 0 amide bonds. The Balaban J connectivity index is 0.00000288. The van der Waals surface area contributed by atoms with E-state index in [9.17, 15) is 4.39 Å². The SMILES string of the molecule is CN(C)C(CN=C(N)NCCc1cccs1)c1cccc(F)c1.I. The van der Waals surface area contributed by atoms with Gasteiger partial charge < -0.3 is 16.0 Å². The minimum atomic E-state index is -0.236. The van der Waals surface area contributed by atoms with Crippen LogP contribution in [0.25, 0.3) is 0 Å². The molecule has 3 N–H and O–H groups in total. The van der Waals surface area contributed by atoms with E-state index < -0.39 is 0 Å². The molecular weight excluding hydrogens is 438 g/mol. The van der Waals surface area contributed by atoms with Gasteiger partial charge in [0.05, 0.1) is 12.6 Å². The summed E-state index contributed by atoms with van der Waals surface area (Å²) in [5.74, 6) is 0.185. The topological polar surface area (TPSA) is 53.6 Å². The normalized spacial score (nSPS) is 12.8. The van der Waals surface area contributed by atoms with E-state index in [1.54, 1.807) is 23.5 Å². The molecule has 2 rings (SSSR count). The minimum absolute atomic E-state index is 0. The Bertz CT molecular complexity index is 631. The van der Waals surface area contributed by atoms with Crippen LogP contribution in [-0.4, -0.2) is 38.0 Å². The summed E-state index contributed by atoms with van der Waals surface area (Å²) in [6.45, 7) is 1.23. The van der Waals surface area contributed by atoms with E-state index in [1.165, 1.54) is 10.9 Å². The molecule has 0 aliphatic carbocycles. The first-order valence-electron chi connectivity index (χ1n) is 7.54. The number of guanidine groups is 1. The minimum Gasteiger partial charge on any atom is -0.370 e. The molecule has 132 valence electrons. The van der Waals surface area contributed by atoms with Crippen molar-refractivity contribution in [1.82, 2.24) is 10.2 Å². The van der Waals surface area contributed by atoms with Crippen LogP contribution in [0.15, 0.2) is 46.8 Å². The van der Waals surface area contributed by atoms with Crippen molar-refractivity contribution in [3.8, 4) is 0 Å². The Morgan fingerprint density at radius 2 is 2.12 bits per heavy atom. The molecule has 2 aromatic rings. The van der Waals surface area contributed by atoms with Crippen molar-refractivity contribution in [2.75, 3.05) is 27.2 Å². The van der Waals surface area contributed by atoms with E-state index in [1.807, 2.05) is 31.1 Å². The molecule has 0 spiro atoms. The van der Waals surface area contributed by atoms with E-state index in [0.717, 1.165) is 18.5 Å². The van der Waals surface area contributed by atoms with Crippen LogP contribution in [-0.2, 0) is 6.42 Å². The van der Waals surface area contributed by atoms with E-state index in [-0.39, 0.29) is 35.8 Å². The van der Waals surface area contributed by atoms with Gasteiger partial charge in [-0.15, -0.1) is 35.3 Å². The summed E-state index contributed by atoms with van der Waals surface area (Å²) in [5, 5.41) is 5.18. The molecule has 0 aliphatic heterocycles. The highest BCUT2D eigenvalue weighted by atomic mass is 127. The van der Waals surface area contributed by atoms with Crippen molar-refractivity contribution in [2.45, 2.75) is 12.5 Å². The summed E-state index contributed by atoms with van der Waals surface area (Å²) < 4.78 is 13.4.